The topological polar surface area (TPSA) is 35.5 Å². The minimum Gasteiger partial charge on any atom is -0.466 e. The van der Waals surface area contributed by atoms with E-state index in [9.17, 15) is 4.79 Å². The quantitative estimate of drug-likeness (QED) is 0.627. The van der Waals surface area contributed by atoms with Crippen LogP contribution >= 0.6 is 0 Å². The van der Waals surface area contributed by atoms with E-state index in [0.29, 0.717) is 13.2 Å². The third-order valence-electron chi connectivity index (χ3n) is 2.42. The molecule has 2 atom stereocenters. The fourth-order valence-electron chi connectivity index (χ4n) is 1.86. The number of rotatable bonds is 4. The van der Waals surface area contributed by atoms with Crippen molar-refractivity contribution in [1.82, 2.24) is 0 Å². The van der Waals surface area contributed by atoms with E-state index in [2.05, 4.69) is 0 Å². The van der Waals surface area contributed by atoms with E-state index in [-0.39, 0.29) is 18.0 Å². The maximum atomic E-state index is 11.4. The first kappa shape index (κ1) is 10.5. The van der Waals surface area contributed by atoms with Gasteiger partial charge in [-0.05, 0) is 33.1 Å². The van der Waals surface area contributed by atoms with Gasteiger partial charge in [-0.3, -0.25) is 4.79 Å². The molecule has 0 amide bonds. The molecule has 1 fully saturated rings. The van der Waals surface area contributed by atoms with Gasteiger partial charge in [0.2, 0.25) is 0 Å². The third kappa shape index (κ3) is 2.69. The van der Waals surface area contributed by atoms with Crippen molar-refractivity contribution in [3.8, 4) is 0 Å². The van der Waals surface area contributed by atoms with Gasteiger partial charge in [0.15, 0.2) is 0 Å². The zero-order valence-corrected chi connectivity index (χ0v) is 8.41. The number of carbonyl (C=O) groups excluding carboxylic acids is 1. The van der Waals surface area contributed by atoms with Gasteiger partial charge in [-0.1, -0.05) is 0 Å². The van der Waals surface area contributed by atoms with E-state index >= 15 is 0 Å². The molecule has 0 bridgehead atoms. The minimum absolute atomic E-state index is 0.0140. The van der Waals surface area contributed by atoms with Crippen LogP contribution in [0.4, 0.5) is 0 Å². The van der Waals surface area contributed by atoms with Gasteiger partial charge in [-0.15, -0.1) is 0 Å². The van der Waals surface area contributed by atoms with Gasteiger partial charge < -0.3 is 9.47 Å². The molecule has 1 saturated carbocycles. The Morgan fingerprint density at radius 1 is 1.31 bits per heavy atom. The van der Waals surface area contributed by atoms with Crippen LogP contribution in [0, 0.1) is 5.92 Å². The van der Waals surface area contributed by atoms with Crippen LogP contribution in [0.2, 0.25) is 0 Å². The Labute approximate surface area is 79.4 Å². The number of carbonyl (C=O) groups is 1. The molecule has 1 aliphatic carbocycles. The van der Waals surface area contributed by atoms with Crippen LogP contribution in [0.25, 0.3) is 0 Å². The van der Waals surface area contributed by atoms with Crippen molar-refractivity contribution in [1.29, 1.82) is 0 Å². The van der Waals surface area contributed by atoms with E-state index in [1.54, 1.807) is 0 Å². The SMILES string of the molecule is CCOC(=O)C1CCCC1OCC. The Bertz CT molecular complexity index is 168. The average Bonchev–Trinajstić information content (AvgIpc) is 2.54. The van der Waals surface area contributed by atoms with Crippen LogP contribution in [0.1, 0.15) is 33.1 Å². The van der Waals surface area contributed by atoms with Gasteiger partial charge in [0, 0.05) is 6.61 Å². The molecular formula is C10H18O3. The zero-order chi connectivity index (χ0) is 9.68. The van der Waals surface area contributed by atoms with Crippen molar-refractivity contribution in [3.05, 3.63) is 0 Å². The fourth-order valence-corrected chi connectivity index (χ4v) is 1.86. The van der Waals surface area contributed by atoms with Crippen LogP contribution in [0.3, 0.4) is 0 Å². The first-order chi connectivity index (χ1) is 6.29. The minimum atomic E-state index is -0.0848. The second-order valence-electron chi connectivity index (χ2n) is 3.28. The predicted octanol–water partition coefficient (Wildman–Crippen LogP) is 1.75. The van der Waals surface area contributed by atoms with Crippen molar-refractivity contribution in [2.45, 2.75) is 39.2 Å². The summed E-state index contributed by atoms with van der Waals surface area (Å²) in [6, 6.07) is 0. The molecule has 0 saturated heterocycles. The van der Waals surface area contributed by atoms with Gasteiger partial charge in [0.05, 0.1) is 18.6 Å². The Kier molecular flexibility index (Phi) is 4.22. The summed E-state index contributed by atoms with van der Waals surface area (Å²) in [4.78, 5) is 11.4. The first-order valence-electron chi connectivity index (χ1n) is 5.07. The predicted molar refractivity (Wildman–Crippen MR) is 49.4 cm³/mol. The second-order valence-corrected chi connectivity index (χ2v) is 3.28. The summed E-state index contributed by atoms with van der Waals surface area (Å²) in [5, 5.41) is 0. The Morgan fingerprint density at radius 3 is 2.69 bits per heavy atom. The summed E-state index contributed by atoms with van der Waals surface area (Å²) in [6.45, 7) is 4.94. The molecule has 1 rings (SSSR count). The molecule has 76 valence electrons. The maximum absolute atomic E-state index is 11.4. The van der Waals surface area contributed by atoms with Crippen molar-refractivity contribution in [3.63, 3.8) is 0 Å². The van der Waals surface area contributed by atoms with E-state index in [1.807, 2.05) is 13.8 Å². The summed E-state index contributed by atoms with van der Waals surface area (Å²) in [5.74, 6) is -0.0987. The van der Waals surface area contributed by atoms with E-state index in [4.69, 9.17) is 9.47 Å². The van der Waals surface area contributed by atoms with E-state index in [0.717, 1.165) is 19.3 Å². The van der Waals surface area contributed by atoms with Crippen LogP contribution in [0.5, 0.6) is 0 Å². The van der Waals surface area contributed by atoms with Crippen molar-refractivity contribution < 1.29 is 14.3 Å². The molecule has 1 aliphatic rings. The standard InChI is InChI=1S/C10H18O3/c1-3-12-9-7-5-6-8(9)10(11)13-4-2/h8-9H,3-7H2,1-2H3. The van der Waals surface area contributed by atoms with Crippen LogP contribution < -0.4 is 0 Å². The second kappa shape index (κ2) is 5.22. The number of esters is 1. The Hall–Kier alpha value is -0.570. The Balaban J connectivity index is 2.42. The lowest BCUT2D eigenvalue weighted by atomic mass is 10.1. The van der Waals surface area contributed by atoms with Crippen molar-refractivity contribution in [2.75, 3.05) is 13.2 Å². The monoisotopic (exact) mass is 186 g/mol. The van der Waals surface area contributed by atoms with Gasteiger partial charge in [0.1, 0.15) is 0 Å². The summed E-state index contributed by atoms with van der Waals surface area (Å²) in [6.07, 6.45) is 3.10. The van der Waals surface area contributed by atoms with Crippen LogP contribution in [0.15, 0.2) is 0 Å². The normalized spacial score (nSPS) is 27.5. The summed E-state index contributed by atoms with van der Waals surface area (Å²) >= 11 is 0. The summed E-state index contributed by atoms with van der Waals surface area (Å²) in [7, 11) is 0. The molecule has 13 heavy (non-hydrogen) atoms. The first-order valence-corrected chi connectivity index (χ1v) is 5.07. The van der Waals surface area contributed by atoms with Gasteiger partial charge in [-0.25, -0.2) is 0 Å². The van der Waals surface area contributed by atoms with Gasteiger partial charge in [0.25, 0.3) is 0 Å². The zero-order valence-electron chi connectivity index (χ0n) is 8.41. The van der Waals surface area contributed by atoms with Crippen molar-refractivity contribution >= 4 is 5.97 Å². The van der Waals surface area contributed by atoms with E-state index < -0.39 is 0 Å². The van der Waals surface area contributed by atoms with Crippen molar-refractivity contribution in [2.24, 2.45) is 5.92 Å². The lowest BCUT2D eigenvalue weighted by molar-refractivity contribution is -0.152. The highest BCUT2D eigenvalue weighted by atomic mass is 16.5. The van der Waals surface area contributed by atoms with Gasteiger partial charge >= 0.3 is 5.97 Å². The smallest absolute Gasteiger partial charge is 0.311 e. The molecular weight excluding hydrogens is 168 g/mol. The molecule has 0 aliphatic heterocycles. The van der Waals surface area contributed by atoms with Crippen LogP contribution in [-0.2, 0) is 14.3 Å². The molecule has 0 N–H and O–H groups in total. The largest absolute Gasteiger partial charge is 0.466 e. The summed E-state index contributed by atoms with van der Waals surface area (Å²) in [5.41, 5.74) is 0. The van der Waals surface area contributed by atoms with Crippen LogP contribution in [-0.4, -0.2) is 25.3 Å². The van der Waals surface area contributed by atoms with E-state index in [1.165, 1.54) is 0 Å². The molecule has 3 nitrogen and oxygen atoms in total. The molecule has 0 aromatic carbocycles. The van der Waals surface area contributed by atoms with Gasteiger partial charge in [-0.2, -0.15) is 0 Å². The Morgan fingerprint density at radius 2 is 2.08 bits per heavy atom. The maximum Gasteiger partial charge on any atom is 0.311 e. The highest BCUT2D eigenvalue weighted by Gasteiger charge is 2.34. The number of ether oxygens (including phenoxy) is 2. The molecule has 3 heteroatoms. The molecule has 0 heterocycles. The number of hydrogen-bond donors (Lipinski definition) is 0. The number of hydrogen-bond acceptors (Lipinski definition) is 3. The molecule has 2 unspecified atom stereocenters. The molecule has 0 spiro atoms. The highest BCUT2D eigenvalue weighted by molar-refractivity contribution is 5.73. The molecule has 0 aromatic heterocycles. The third-order valence-corrected chi connectivity index (χ3v) is 2.42. The lowest BCUT2D eigenvalue weighted by Gasteiger charge is -2.17. The fraction of sp³-hybridized carbons (Fsp3) is 0.900. The molecule has 0 radical (unpaired) electrons. The average molecular weight is 186 g/mol. The molecule has 0 aromatic rings. The summed E-state index contributed by atoms with van der Waals surface area (Å²) < 4.78 is 10.5. The highest BCUT2D eigenvalue weighted by Crippen LogP contribution is 2.29. The lowest BCUT2D eigenvalue weighted by Crippen LogP contribution is -2.27.